The molecule has 22 heavy (non-hydrogen) atoms. The molecule has 0 spiro atoms. The molecule has 0 atom stereocenters. The molecule has 108 valence electrons. The Bertz CT molecular complexity index is 775. The number of hydrogen-bond acceptors (Lipinski definition) is 4. The van der Waals surface area contributed by atoms with Crippen LogP contribution in [0.15, 0.2) is 60.7 Å². The summed E-state index contributed by atoms with van der Waals surface area (Å²) in [7, 11) is 0. The van der Waals surface area contributed by atoms with Crippen LogP contribution in [0.1, 0.15) is 11.4 Å². The number of hydrogen-bond donors (Lipinski definition) is 0. The molecule has 0 saturated carbocycles. The van der Waals surface area contributed by atoms with E-state index in [-0.39, 0.29) is 0 Å². The Balaban J connectivity index is 1.78. The molecule has 1 aromatic heterocycles. The summed E-state index contributed by atoms with van der Waals surface area (Å²) in [4.78, 5) is 0. The van der Waals surface area contributed by atoms with Crippen molar-refractivity contribution < 1.29 is 4.74 Å². The summed E-state index contributed by atoms with van der Waals surface area (Å²) in [6.07, 6.45) is 0.555. The molecule has 0 radical (unpaired) electrons. The molecule has 0 aliphatic heterocycles. The fourth-order valence-corrected chi connectivity index (χ4v) is 2.17. The average Bonchev–Trinajstić information content (AvgIpc) is 2.99. The molecule has 3 rings (SSSR count). The number of nitrogens with zero attached hydrogens (tertiary/aromatic N) is 4. The topological polar surface area (TPSA) is 63.7 Å². The van der Waals surface area contributed by atoms with E-state index >= 15 is 0 Å². The summed E-state index contributed by atoms with van der Waals surface area (Å²) >= 11 is 0. The van der Waals surface area contributed by atoms with Gasteiger partial charge in [0.1, 0.15) is 11.8 Å². The minimum atomic E-state index is 0.334. The molecule has 5 heteroatoms. The molecule has 3 aromatic rings. The van der Waals surface area contributed by atoms with Gasteiger partial charge in [-0.2, -0.15) is 5.26 Å². The molecule has 5 nitrogen and oxygen atoms in total. The highest BCUT2D eigenvalue weighted by Gasteiger charge is 2.13. The Morgan fingerprint density at radius 1 is 1.00 bits per heavy atom. The lowest BCUT2D eigenvalue weighted by Crippen LogP contribution is -2.08. The summed E-state index contributed by atoms with van der Waals surface area (Å²) in [6, 6.07) is 21.3. The molecule has 0 saturated heterocycles. The first-order valence-electron chi connectivity index (χ1n) is 6.96. The largest absolute Gasteiger partial charge is 0.493 e. The maximum Gasteiger partial charge on any atom is 0.186 e. The quantitative estimate of drug-likeness (QED) is 0.724. The zero-order valence-electron chi connectivity index (χ0n) is 11.9. The lowest BCUT2D eigenvalue weighted by Gasteiger charge is -2.08. The highest BCUT2D eigenvalue weighted by molar-refractivity contribution is 5.36. The van der Waals surface area contributed by atoms with Gasteiger partial charge in [0, 0.05) is 6.42 Å². The second-order valence-corrected chi connectivity index (χ2v) is 4.66. The molecule has 0 amide bonds. The van der Waals surface area contributed by atoms with Gasteiger partial charge in [0.15, 0.2) is 5.69 Å². The van der Waals surface area contributed by atoms with Crippen LogP contribution in [-0.4, -0.2) is 21.6 Å². The van der Waals surface area contributed by atoms with Gasteiger partial charge in [-0.05, 0) is 24.3 Å². The fraction of sp³-hybridized carbons (Fsp3) is 0.118. The highest BCUT2D eigenvalue weighted by atomic mass is 16.5. The number of rotatable bonds is 5. The van der Waals surface area contributed by atoms with Gasteiger partial charge >= 0.3 is 0 Å². The maximum absolute atomic E-state index is 9.19. The number of benzene rings is 2. The van der Waals surface area contributed by atoms with Crippen molar-refractivity contribution in [3.05, 3.63) is 72.1 Å². The van der Waals surface area contributed by atoms with Crippen molar-refractivity contribution in [2.75, 3.05) is 6.61 Å². The normalized spacial score (nSPS) is 10.1. The molecule has 0 unspecified atom stereocenters. The lowest BCUT2D eigenvalue weighted by atomic mass is 10.2. The first-order valence-corrected chi connectivity index (χ1v) is 6.96. The third-order valence-corrected chi connectivity index (χ3v) is 3.22. The van der Waals surface area contributed by atoms with Crippen molar-refractivity contribution in [1.29, 1.82) is 5.26 Å². The van der Waals surface area contributed by atoms with Crippen molar-refractivity contribution in [2.45, 2.75) is 6.42 Å². The van der Waals surface area contributed by atoms with E-state index in [1.165, 1.54) is 0 Å². The number of para-hydroxylation sites is 2. The van der Waals surface area contributed by atoms with Gasteiger partial charge in [-0.15, -0.1) is 5.10 Å². The predicted octanol–water partition coefficient (Wildman–Crippen LogP) is 2.76. The van der Waals surface area contributed by atoms with Crippen LogP contribution in [0.3, 0.4) is 0 Å². The van der Waals surface area contributed by atoms with E-state index in [1.54, 1.807) is 4.68 Å². The van der Waals surface area contributed by atoms with E-state index < -0.39 is 0 Å². The predicted molar refractivity (Wildman–Crippen MR) is 81.7 cm³/mol. The Labute approximate surface area is 128 Å². The van der Waals surface area contributed by atoms with Gasteiger partial charge in [-0.25, -0.2) is 4.68 Å². The van der Waals surface area contributed by atoms with E-state index in [0.29, 0.717) is 18.7 Å². The van der Waals surface area contributed by atoms with Gasteiger partial charge in [-0.1, -0.05) is 41.6 Å². The van der Waals surface area contributed by atoms with Crippen LogP contribution >= 0.6 is 0 Å². The Morgan fingerprint density at radius 2 is 1.68 bits per heavy atom. The van der Waals surface area contributed by atoms with Gasteiger partial charge in [-0.3, -0.25) is 0 Å². The molecular formula is C17H14N4O. The van der Waals surface area contributed by atoms with Gasteiger partial charge in [0.25, 0.3) is 0 Å². The first-order chi connectivity index (χ1) is 10.9. The fourth-order valence-electron chi connectivity index (χ4n) is 2.17. The SMILES string of the molecule is N#Cc1nnn(-c2ccccc2)c1CCOc1ccccc1. The summed E-state index contributed by atoms with van der Waals surface area (Å²) in [6.45, 7) is 0.457. The van der Waals surface area contributed by atoms with Crippen molar-refractivity contribution in [3.8, 4) is 17.5 Å². The molecular weight excluding hydrogens is 276 g/mol. The summed E-state index contributed by atoms with van der Waals surface area (Å²) < 4.78 is 7.38. The average molecular weight is 290 g/mol. The van der Waals surface area contributed by atoms with Crippen LogP contribution < -0.4 is 4.74 Å². The summed E-state index contributed by atoms with van der Waals surface area (Å²) in [5.74, 6) is 0.805. The Hall–Kier alpha value is -3.13. The van der Waals surface area contributed by atoms with Crippen molar-refractivity contribution >= 4 is 0 Å². The molecule has 0 bridgehead atoms. The van der Waals surface area contributed by atoms with E-state index in [4.69, 9.17) is 4.74 Å². The van der Waals surface area contributed by atoms with E-state index in [0.717, 1.165) is 17.1 Å². The van der Waals surface area contributed by atoms with E-state index in [1.807, 2.05) is 60.7 Å². The molecule has 2 aromatic carbocycles. The second-order valence-electron chi connectivity index (χ2n) is 4.66. The standard InChI is InChI=1S/C17H14N4O/c18-13-16-17(11-12-22-15-9-5-2-6-10-15)21(20-19-16)14-7-3-1-4-8-14/h1-10H,11-12H2. The van der Waals surface area contributed by atoms with Crippen LogP contribution in [0.2, 0.25) is 0 Å². The van der Waals surface area contributed by atoms with Crippen molar-refractivity contribution in [3.63, 3.8) is 0 Å². The van der Waals surface area contributed by atoms with Crippen LogP contribution in [0.4, 0.5) is 0 Å². The smallest absolute Gasteiger partial charge is 0.186 e. The van der Waals surface area contributed by atoms with Gasteiger partial charge < -0.3 is 4.74 Å². The molecule has 0 fully saturated rings. The zero-order valence-corrected chi connectivity index (χ0v) is 11.9. The van der Waals surface area contributed by atoms with Crippen LogP contribution in [0.25, 0.3) is 5.69 Å². The van der Waals surface area contributed by atoms with Crippen LogP contribution in [0.5, 0.6) is 5.75 Å². The number of ether oxygens (including phenoxy) is 1. The summed E-state index contributed by atoms with van der Waals surface area (Å²) in [5, 5.41) is 17.2. The van der Waals surface area contributed by atoms with Gasteiger partial charge in [0.2, 0.25) is 0 Å². The maximum atomic E-state index is 9.19. The Morgan fingerprint density at radius 3 is 2.36 bits per heavy atom. The monoisotopic (exact) mass is 290 g/mol. The third kappa shape index (κ3) is 2.96. The first kappa shape index (κ1) is 13.8. The van der Waals surface area contributed by atoms with Gasteiger partial charge in [0.05, 0.1) is 18.0 Å². The van der Waals surface area contributed by atoms with Crippen molar-refractivity contribution in [1.82, 2.24) is 15.0 Å². The minimum Gasteiger partial charge on any atom is -0.493 e. The number of nitriles is 1. The minimum absolute atomic E-state index is 0.334. The Kier molecular flexibility index (Phi) is 4.12. The molecule has 0 aliphatic carbocycles. The van der Waals surface area contributed by atoms with Crippen LogP contribution in [-0.2, 0) is 6.42 Å². The van der Waals surface area contributed by atoms with E-state index in [9.17, 15) is 5.26 Å². The third-order valence-electron chi connectivity index (χ3n) is 3.22. The zero-order chi connectivity index (χ0) is 15.2. The number of aromatic nitrogens is 3. The highest BCUT2D eigenvalue weighted by Crippen LogP contribution is 2.14. The molecule has 1 heterocycles. The van der Waals surface area contributed by atoms with Crippen molar-refractivity contribution in [2.24, 2.45) is 0 Å². The van der Waals surface area contributed by atoms with E-state index in [2.05, 4.69) is 16.4 Å². The molecule has 0 aliphatic rings. The van der Waals surface area contributed by atoms with Crippen LogP contribution in [0, 0.1) is 11.3 Å². The second kappa shape index (κ2) is 6.55. The molecule has 0 N–H and O–H groups in total. The lowest BCUT2D eigenvalue weighted by molar-refractivity contribution is 0.319. The summed E-state index contributed by atoms with van der Waals surface area (Å²) in [5.41, 5.74) is 1.97.